The predicted molar refractivity (Wildman–Crippen MR) is 90.7 cm³/mol. The van der Waals surface area contributed by atoms with E-state index in [4.69, 9.17) is 13.7 Å². The summed E-state index contributed by atoms with van der Waals surface area (Å²) < 4.78 is 37.6. The molecule has 1 unspecified atom stereocenters. The van der Waals surface area contributed by atoms with Gasteiger partial charge in [-0.2, -0.15) is 8.42 Å². The van der Waals surface area contributed by atoms with Crippen LogP contribution in [0.4, 0.5) is 4.79 Å². The summed E-state index contributed by atoms with van der Waals surface area (Å²) in [7, 11) is -3.69. The van der Waals surface area contributed by atoms with Crippen molar-refractivity contribution in [2.45, 2.75) is 39.4 Å². The molecular weight excluding hydrogens is 350 g/mol. The van der Waals surface area contributed by atoms with E-state index in [1.807, 2.05) is 0 Å². The van der Waals surface area contributed by atoms with Gasteiger partial charge in [-0.05, 0) is 38.5 Å². The second-order valence-corrected chi connectivity index (χ2v) is 7.92. The lowest BCUT2D eigenvalue weighted by atomic mass is 10.1. The SMILES string of the molecule is CC(=O)OC(CNC(=O)OC(C)(C)C)c1cccc(OS(C)(=O)=O)c1. The molecule has 1 aromatic carbocycles. The summed E-state index contributed by atoms with van der Waals surface area (Å²) in [5, 5.41) is 2.51. The smallest absolute Gasteiger partial charge is 0.407 e. The topological polar surface area (TPSA) is 108 Å². The number of amides is 1. The van der Waals surface area contributed by atoms with Gasteiger partial charge in [0.25, 0.3) is 0 Å². The first kappa shape index (κ1) is 20.8. The average molecular weight is 373 g/mol. The molecule has 0 heterocycles. The molecule has 0 saturated heterocycles. The van der Waals surface area contributed by atoms with E-state index in [0.717, 1.165) is 6.26 Å². The Balaban J connectivity index is 2.90. The van der Waals surface area contributed by atoms with E-state index < -0.39 is 33.9 Å². The molecule has 0 aliphatic heterocycles. The molecule has 0 bridgehead atoms. The van der Waals surface area contributed by atoms with Gasteiger partial charge >= 0.3 is 22.2 Å². The maximum absolute atomic E-state index is 11.8. The summed E-state index contributed by atoms with van der Waals surface area (Å²) in [6.45, 7) is 6.36. The van der Waals surface area contributed by atoms with Crippen molar-refractivity contribution < 1.29 is 31.7 Å². The molecule has 1 rings (SSSR count). The highest BCUT2D eigenvalue weighted by molar-refractivity contribution is 7.86. The molecule has 0 saturated carbocycles. The van der Waals surface area contributed by atoms with Crippen LogP contribution in [0.2, 0.25) is 0 Å². The van der Waals surface area contributed by atoms with E-state index in [9.17, 15) is 18.0 Å². The molecule has 0 aliphatic rings. The van der Waals surface area contributed by atoms with Crippen molar-refractivity contribution in [2.75, 3.05) is 12.8 Å². The highest BCUT2D eigenvalue weighted by atomic mass is 32.2. The van der Waals surface area contributed by atoms with Crippen LogP contribution in [-0.2, 0) is 24.4 Å². The van der Waals surface area contributed by atoms with Crippen LogP contribution in [0.5, 0.6) is 5.75 Å². The normalized spacial score (nSPS) is 12.8. The van der Waals surface area contributed by atoms with Gasteiger partial charge in [-0.3, -0.25) is 4.79 Å². The Kier molecular flexibility index (Phi) is 6.80. The number of alkyl carbamates (subject to hydrolysis) is 1. The number of carbonyl (C=O) groups is 2. The number of hydrogen-bond acceptors (Lipinski definition) is 7. The van der Waals surface area contributed by atoms with Crippen LogP contribution in [0.15, 0.2) is 24.3 Å². The molecule has 1 amide bonds. The van der Waals surface area contributed by atoms with Gasteiger partial charge in [0.15, 0.2) is 0 Å². The fraction of sp³-hybridized carbons (Fsp3) is 0.500. The molecule has 1 atom stereocenters. The average Bonchev–Trinajstić information content (AvgIpc) is 2.39. The van der Waals surface area contributed by atoms with Crippen molar-refractivity contribution in [3.63, 3.8) is 0 Å². The summed E-state index contributed by atoms with van der Waals surface area (Å²) in [6, 6.07) is 6.06. The van der Waals surface area contributed by atoms with E-state index in [1.54, 1.807) is 32.9 Å². The van der Waals surface area contributed by atoms with Crippen LogP contribution in [0.3, 0.4) is 0 Å². The Morgan fingerprint density at radius 3 is 2.40 bits per heavy atom. The van der Waals surface area contributed by atoms with Crippen molar-refractivity contribution >= 4 is 22.2 Å². The molecule has 0 spiro atoms. The molecule has 25 heavy (non-hydrogen) atoms. The molecule has 140 valence electrons. The third-order valence-electron chi connectivity index (χ3n) is 2.62. The Bertz CT molecular complexity index is 722. The van der Waals surface area contributed by atoms with Crippen molar-refractivity contribution in [3.05, 3.63) is 29.8 Å². The molecule has 1 aromatic rings. The monoisotopic (exact) mass is 373 g/mol. The molecule has 0 aliphatic carbocycles. The summed E-state index contributed by atoms with van der Waals surface area (Å²) in [5.74, 6) is -0.472. The number of rotatable bonds is 6. The number of hydrogen-bond donors (Lipinski definition) is 1. The van der Waals surface area contributed by atoms with Crippen LogP contribution < -0.4 is 9.50 Å². The van der Waals surface area contributed by atoms with Gasteiger partial charge < -0.3 is 19.0 Å². The van der Waals surface area contributed by atoms with E-state index >= 15 is 0 Å². The minimum Gasteiger partial charge on any atom is -0.456 e. The van der Waals surface area contributed by atoms with E-state index in [0.29, 0.717) is 5.56 Å². The van der Waals surface area contributed by atoms with Gasteiger partial charge in [0.05, 0.1) is 12.8 Å². The zero-order valence-corrected chi connectivity index (χ0v) is 15.7. The van der Waals surface area contributed by atoms with Gasteiger partial charge in [0, 0.05) is 6.92 Å². The van der Waals surface area contributed by atoms with Crippen LogP contribution in [0.1, 0.15) is 39.4 Å². The maximum atomic E-state index is 11.8. The largest absolute Gasteiger partial charge is 0.456 e. The first-order valence-electron chi connectivity index (χ1n) is 7.49. The van der Waals surface area contributed by atoms with Gasteiger partial charge in [0.1, 0.15) is 17.5 Å². The third kappa shape index (κ3) is 8.94. The first-order valence-corrected chi connectivity index (χ1v) is 9.31. The highest BCUT2D eigenvalue weighted by Gasteiger charge is 2.20. The van der Waals surface area contributed by atoms with Gasteiger partial charge in [-0.1, -0.05) is 12.1 Å². The van der Waals surface area contributed by atoms with Gasteiger partial charge in [-0.15, -0.1) is 0 Å². The van der Waals surface area contributed by atoms with Crippen molar-refractivity contribution in [1.82, 2.24) is 5.32 Å². The predicted octanol–water partition coefficient (Wildman–Crippen LogP) is 2.15. The van der Waals surface area contributed by atoms with Crippen molar-refractivity contribution in [1.29, 1.82) is 0 Å². The van der Waals surface area contributed by atoms with Crippen LogP contribution >= 0.6 is 0 Å². The molecule has 0 fully saturated rings. The number of carbonyl (C=O) groups excluding carboxylic acids is 2. The number of nitrogens with one attached hydrogen (secondary N) is 1. The molecule has 8 nitrogen and oxygen atoms in total. The number of esters is 1. The Morgan fingerprint density at radius 2 is 1.88 bits per heavy atom. The third-order valence-corrected chi connectivity index (χ3v) is 3.11. The van der Waals surface area contributed by atoms with Gasteiger partial charge in [0.2, 0.25) is 0 Å². The summed E-state index contributed by atoms with van der Waals surface area (Å²) in [4.78, 5) is 23.1. The van der Waals surface area contributed by atoms with Crippen LogP contribution in [0.25, 0.3) is 0 Å². The lowest BCUT2D eigenvalue weighted by molar-refractivity contribution is -0.146. The lowest BCUT2D eigenvalue weighted by Crippen LogP contribution is -2.35. The fourth-order valence-corrected chi connectivity index (χ4v) is 2.31. The molecular formula is C16H23NO7S. The van der Waals surface area contributed by atoms with Crippen LogP contribution in [-0.4, -0.2) is 38.9 Å². The highest BCUT2D eigenvalue weighted by Crippen LogP contribution is 2.23. The second-order valence-electron chi connectivity index (χ2n) is 6.34. The minimum absolute atomic E-state index is 0.0448. The zero-order chi connectivity index (χ0) is 19.3. The summed E-state index contributed by atoms with van der Waals surface area (Å²) >= 11 is 0. The quantitative estimate of drug-likeness (QED) is 0.601. The van der Waals surface area contributed by atoms with Crippen LogP contribution in [0, 0.1) is 0 Å². The lowest BCUT2D eigenvalue weighted by Gasteiger charge is -2.22. The standard InChI is InChI=1S/C16H23NO7S/c1-11(18)22-14(10-17-15(19)23-16(2,3)4)12-7-6-8-13(9-12)24-25(5,20)21/h6-9,14H,10H2,1-5H3,(H,17,19). The van der Waals surface area contributed by atoms with E-state index in [-0.39, 0.29) is 12.3 Å². The zero-order valence-electron chi connectivity index (χ0n) is 14.9. The Labute approximate surface area is 147 Å². The Hall–Kier alpha value is -2.29. The van der Waals surface area contributed by atoms with Crippen molar-refractivity contribution in [3.8, 4) is 5.75 Å². The maximum Gasteiger partial charge on any atom is 0.407 e. The van der Waals surface area contributed by atoms with Gasteiger partial charge in [-0.25, -0.2) is 4.79 Å². The van der Waals surface area contributed by atoms with E-state index in [2.05, 4.69) is 5.32 Å². The molecule has 1 N–H and O–H groups in total. The Morgan fingerprint density at radius 1 is 1.24 bits per heavy atom. The fourth-order valence-electron chi connectivity index (χ4n) is 1.86. The molecule has 0 aromatic heterocycles. The second kappa shape index (κ2) is 8.19. The van der Waals surface area contributed by atoms with E-state index in [1.165, 1.54) is 19.1 Å². The molecule has 0 radical (unpaired) electrons. The summed E-state index contributed by atoms with van der Waals surface area (Å²) in [5.41, 5.74) is -0.197. The number of benzene rings is 1. The molecule has 9 heteroatoms. The minimum atomic E-state index is -3.69. The summed E-state index contributed by atoms with van der Waals surface area (Å²) in [6.07, 6.45) is -0.561. The van der Waals surface area contributed by atoms with Crippen molar-refractivity contribution in [2.24, 2.45) is 0 Å². The first-order chi connectivity index (χ1) is 11.4. The number of ether oxygens (including phenoxy) is 2.